The molecule has 0 aliphatic heterocycles. The SMILES string of the molecule is COc1cc(Cl)c(C)cc1NC(=O)C(C)Sc1ccc(NC(=O)/C(=C/c2ccc(Cl)cc2)NC(=O)c2ccccc2)cc1. The van der Waals surface area contributed by atoms with E-state index in [9.17, 15) is 14.4 Å². The minimum Gasteiger partial charge on any atom is -0.495 e. The van der Waals surface area contributed by atoms with E-state index in [0.29, 0.717) is 38.3 Å². The fourth-order valence-corrected chi connectivity index (χ4v) is 5.05. The number of amides is 3. The third-order valence-corrected chi connectivity index (χ3v) is 8.01. The van der Waals surface area contributed by atoms with E-state index < -0.39 is 17.1 Å². The number of ether oxygens (including phenoxy) is 1. The molecule has 3 amide bonds. The predicted molar refractivity (Wildman–Crippen MR) is 175 cm³/mol. The summed E-state index contributed by atoms with van der Waals surface area (Å²) >= 11 is 13.5. The van der Waals surface area contributed by atoms with Crippen molar-refractivity contribution in [2.75, 3.05) is 17.7 Å². The monoisotopic (exact) mass is 633 g/mol. The van der Waals surface area contributed by atoms with E-state index in [1.165, 1.54) is 18.9 Å². The van der Waals surface area contributed by atoms with Crippen LogP contribution in [0.4, 0.5) is 11.4 Å². The first-order valence-corrected chi connectivity index (χ1v) is 14.8. The van der Waals surface area contributed by atoms with Crippen LogP contribution < -0.4 is 20.7 Å². The molecule has 4 rings (SSSR count). The van der Waals surface area contributed by atoms with Crippen LogP contribution in [-0.2, 0) is 9.59 Å². The largest absolute Gasteiger partial charge is 0.495 e. The second-order valence-corrected chi connectivity index (χ2v) is 11.7. The summed E-state index contributed by atoms with van der Waals surface area (Å²) in [5.41, 5.74) is 3.05. The topological polar surface area (TPSA) is 96.5 Å². The molecule has 1 unspecified atom stereocenters. The molecule has 0 bridgehead atoms. The van der Waals surface area contributed by atoms with E-state index in [2.05, 4.69) is 16.0 Å². The predicted octanol–water partition coefficient (Wildman–Crippen LogP) is 7.84. The van der Waals surface area contributed by atoms with Gasteiger partial charge >= 0.3 is 0 Å². The molecule has 0 saturated carbocycles. The number of nitrogens with one attached hydrogen (secondary N) is 3. The Hall–Kier alpha value is -4.24. The minimum atomic E-state index is -0.500. The molecule has 10 heteroatoms. The van der Waals surface area contributed by atoms with E-state index in [1.807, 2.05) is 19.1 Å². The van der Waals surface area contributed by atoms with Crippen LogP contribution in [0.25, 0.3) is 6.08 Å². The van der Waals surface area contributed by atoms with Gasteiger partial charge in [0.05, 0.1) is 18.0 Å². The van der Waals surface area contributed by atoms with E-state index in [4.69, 9.17) is 27.9 Å². The Balaban J connectivity index is 1.43. The zero-order chi connectivity index (χ0) is 30.9. The van der Waals surface area contributed by atoms with E-state index in [-0.39, 0.29) is 11.6 Å². The highest BCUT2D eigenvalue weighted by Gasteiger charge is 2.18. The lowest BCUT2D eigenvalue weighted by molar-refractivity contribution is -0.115. The summed E-state index contributed by atoms with van der Waals surface area (Å²) in [6.45, 7) is 3.65. The van der Waals surface area contributed by atoms with Gasteiger partial charge in [-0.3, -0.25) is 14.4 Å². The summed E-state index contributed by atoms with van der Waals surface area (Å²) in [5.74, 6) is -0.639. The van der Waals surface area contributed by atoms with Gasteiger partial charge in [0.1, 0.15) is 11.4 Å². The quantitative estimate of drug-likeness (QED) is 0.122. The lowest BCUT2D eigenvalue weighted by Gasteiger charge is -2.16. The van der Waals surface area contributed by atoms with Crippen LogP contribution in [0.1, 0.15) is 28.4 Å². The third kappa shape index (κ3) is 8.88. The van der Waals surface area contributed by atoms with E-state index in [0.717, 1.165) is 10.5 Å². The summed E-state index contributed by atoms with van der Waals surface area (Å²) in [6, 6.07) is 26.0. The van der Waals surface area contributed by atoms with Crippen molar-refractivity contribution < 1.29 is 19.1 Å². The third-order valence-electron chi connectivity index (χ3n) is 6.24. The number of anilines is 2. The van der Waals surface area contributed by atoms with Gasteiger partial charge < -0.3 is 20.7 Å². The molecule has 7 nitrogen and oxygen atoms in total. The Morgan fingerprint density at radius 1 is 0.884 bits per heavy atom. The lowest BCUT2D eigenvalue weighted by atomic mass is 10.1. The summed E-state index contributed by atoms with van der Waals surface area (Å²) in [5, 5.41) is 9.12. The van der Waals surface area contributed by atoms with Crippen molar-refractivity contribution in [3.63, 3.8) is 0 Å². The Labute approximate surface area is 264 Å². The summed E-state index contributed by atoms with van der Waals surface area (Å²) in [6.07, 6.45) is 1.58. The van der Waals surface area contributed by atoms with Crippen molar-refractivity contribution in [2.45, 2.75) is 24.0 Å². The van der Waals surface area contributed by atoms with Crippen molar-refractivity contribution in [1.82, 2.24) is 5.32 Å². The number of benzene rings is 4. The van der Waals surface area contributed by atoms with Crippen molar-refractivity contribution in [3.8, 4) is 5.75 Å². The Bertz CT molecular complexity index is 1640. The maximum atomic E-state index is 13.3. The first-order chi connectivity index (χ1) is 20.6. The van der Waals surface area contributed by atoms with Gasteiger partial charge in [0.2, 0.25) is 5.91 Å². The highest BCUT2D eigenvalue weighted by atomic mass is 35.5. The molecule has 4 aromatic carbocycles. The van der Waals surface area contributed by atoms with Crippen molar-refractivity contribution in [1.29, 1.82) is 0 Å². The number of aryl methyl sites for hydroxylation is 1. The number of thioether (sulfide) groups is 1. The summed E-state index contributed by atoms with van der Waals surface area (Å²) < 4.78 is 5.35. The van der Waals surface area contributed by atoms with Gasteiger partial charge in [-0.2, -0.15) is 0 Å². The number of carbonyl (C=O) groups excluding carboxylic acids is 3. The zero-order valence-electron chi connectivity index (χ0n) is 23.6. The fourth-order valence-electron chi connectivity index (χ4n) is 3.91. The van der Waals surface area contributed by atoms with Gasteiger partial charge in [-0.05, 0) is 85.6 Å². The molecule has 1 atom stereocenters. The number of rotatable bonds is 10. The van der Waals surface area contributed by atoms with Crippen molar-refractivity contribution in [3.05, 3.63) is 123 Å². The van der Waals surface area contributed by atoms with E-state index >= 15 is 0 Å². The molecule has 0 aromatic heterocycles. The van der Waals surface area contributed by atoms with E-state index in [1.54, 1.807) is 91.9 Å². The lowest BCUT2D eigenvalue weighted by Crippen LogP contribution is -2.30. The van der Waals surface area contributed by atoms with Crippen molar-refractivity contribution in [2.24, 2.45) is 0 Å². The van der Waals surface area contributed by atoms with Gasteiger partial charge in [0.15, 0.2) is 0 Å². The fraction of sp³-hybridized carbons (Fsp3) is 0.121. The molecule has 3 N–H and O–H groups in total. The zero-order valence-corrected chi connectivity index (χ0v) is 25.9. The van der Waals surface area contributed by atoms with Gasteiger partial charge in [-0.15, -0.1) is 11.8 Å². The number of methoxy groups -OCH3 is 1. The molecule has 0 spiro atoms. The Morgan fingerprint density at radius 2 is 1.56 bits per heavy atom. The van der Waals surface area contributed by atoms with Crippen LogP contribution >= 0.6 is 35.0 Å². The van der Waals surface area contributed by atoms with Gasteiger partial charge in [-0.1, -0.05) is 53.5 Å². The maximum absolute atomic E-state index is 13.3. The highest BCUT2D eigenvalue weighted by molar-refractivity contribution is 8.00. The molecule has 4 aromatic rings. The first-order valence-electron chi connectivity index (χ1n) is 13.2. The molecular weight excluding hydrogens is 605 g/mol. The molecule has 0 aliphatic carbocycles. The van der Waals surface area contributed by atoms with Crippen LogP contribution in [0.2, 0.25) is 10.0 Å². The van der Waals surface area contributed by atoms with Crippen molar-refractivity contribution >= 4 is 70.1 Å². The number of hydrogen-bond acceptors (Lipinski definition) is 5. The van der Waals surface area contributed by atoms with Crippen LogP contribution in [0.3, 0.4) is 0 Å². The Kier molecular flexibility index (Phi) is 10.9. The average molecular weight is 635 g/mol. The average Bonchev–Trinajstić information content (AvgIpc) is 3.00. The minimum absolute atomic E-state index is 0.0628. The molecule has 220 valence electrons. The maximum Gasteiger partial charge on any atom is 0.272 e. The van der Waals surface area contributed by atoms with Gasteiger partial charge in [0, 0.05) is 32.3 Å². The normalized spacial score (nSPS) is 11.8. The number of halogens is 2. The van der Waals surface area contributed by atoms with Gasteiger partial charge in [0.25, 0.3) is 11.8 Å². The molecule has 0 heterocycles. The Morgan fingerprint density at radius 3 is 2.21 bits per heavy atom. The second-order valence-electron chi connectivity index (χ2n) is 9.46. The molecule has 0 radical (unpaired) electrons. The molecular formula is C33H29Cl2N3O4S. The van der Waals surface area contributed by atoms with Crippen LogP contribution in [0.5, 0.6) is 5.75 Å². The second kappa shape index (κ2) is 14.8. The molecule has 0 fully saturated rings. The first kappa shape index (κ1) is 31.7. The molecule has 43 heavy (non-hydrogen) atoms. The number of hydrogen-bond donors (Lipinski definition) is 3. The molecule has 0 aliphatic rings. The van der Waals surface area contributed by atoms with Crippen LogP contribution in [0, 0.1) is 6.92 Å². The number of carbonyl (C=O) groups is 3. The highest BCUT2D eigenvalue weighted by Crippen LogP contribution is 2.32. The van der Waals surface area contributed by atoms with Gasteiger partial charge in [-0.25, -0.2) is 0 Å². The molecule has 0 saturated heterocycles. The standard InChI is InChI=1S/C33H29Cl2N3O4S/c1-20-17-28(30(42-3)19-27(20)35)37-31(39)21(2)43-26-15-13-25(14-16-26)36-33(41)29(18-22-9-11-24(34)12-10-22)38-32(40)23-7-5-4-6-8-23/h4-19,21H,1-3H3,(H,36,41)(H,37,39)(H,38,40)/b29-18-. The summed E-state index contributed by atoms with van der Waals surface area (Å²) in [7, 11) is 1.52. The smallest absolute Gasteiger partial charge is 0.272 e. The summed E-state index contributed by atoms with van der Waals surface area (Å²) in [4.78, 5) is 39.8. The van der Waals surface area contributed by atoms with Crippen LogP contribution in [-0.4, -0.2) is 30.1 Å². The van der Waals surface area contributed by atoms with Crippen LogP contribution in [0.15, 0.2) is 102 Å².